The topological polar surface area (TPSA) is 111 Å². The molecule has 3 aromatic heterocycles. The predicted molar refractivity (Wildman–Crippen MR) is 95.1 cm³/mol. The highest BCUT2D eigenvalue weighted by molar-refractivity contribution is 7.89. The van der Waals surface area contributed by atoms with Crippen LogP contribution in [-0.4, -0.2) is 22.3 Å². The Morgan fingerprint density at radius 2 is 2.00 bits per heavy atom. The van der Waals surface area contributed by atoms with Crippen LogP contribution in [0.15, 0.2) is 44.2 Å². The molecule has 0 bridgehead atoms. The van der Waals surface area contributed by atoms with Crippen LogP contribution >= 0.6 is 11.7 Å². The van der Waals surface area contributed by atoms with E-state index in [2.05, 4.69) is 18.6 Å². The van der Waals surface area contributed by atoms with Crippen molar-refractivity contribution in [3.63, 3.8) is 0 Å². The molecule has 0 aliphatic heterocycles. The van der Waals surface area contributed by atoms with E-state index < -0.39 is 10.0 Å². The fourth-order valence-corrected chi connectivity index (χ4v) is 4.44. The fraction of sp³-hybridized carbons (Fsp3) is 0.188. The number of fused-ring (bicyclic) bond motifs is 1. The first-order valence-corrected chi connectivity index (χ1v) is 9.90. The molecule has 0 atom stereocenters. The molecule has 0 aliphatic rings. The lowest BCUT2D eigenvalue weighted by Crippen LogP contribution is -2.23. The van der Waals surface area contributed by atoms with Gasteiger partial charge in [-0.25, -0.2) is 13.1 Å². The Morgan fingerprint density at radius 1 is 1.15 bits per heavy atom. The van der Waals surface area contributed by atoms with Crippen molar-refractivity contribution in [2.75, 3.05) is 0 Å². The first-order chi connectivity index (χ1) is 12.5. The molecule has 0 radical (unpaired) electrons. The molecule has 0 saturated carbocycles. The zero-order valence-electron chi connectivity index (χ0n) is 13.9. The van der Waals surface area contributed by atoms with Crippen LogP contribution in [-0.2, 0) is 16.6 Å². The van der Waals surface area contributed by atoms with Gasteiger partial charge < -0.3 is 8.94 Å². The van der Waals surface area contributed by atoms with Crippen LogP contribution in [0.5, 0.6) is 0 Å². The van der Waals surface area contributed by atoms with E-state index in [1.165, 1.54) is 6.07 Å². The highest BCUT2D eigenvalue weighted by Gasteiger charge is 2.20. The Hall–Kier alpha value is -2.56. The molecule has 0 unspecified atom stereocenters. The Kier molecular flexibility index (Phi) is 4.10. The summed E-state index contributed by atoms with van der Waals surface area (Å²) in [6.45, 7) is 3.63. The third-order valence-electron chi connectivity index (χ3n) is 3.92. The Morgan fingerprint density at radius 3 is 2.77 bits per heavy atom. The number of nitrogens with one attached hydrogen (secondary N) is 1. The highest BCUT2D eigenvalue weighted by Crippen LogP contribution is 2.28. The van der Waals surface area contributed by atoms with Crippen molar-refractivity contribution < 1.29 is 17.4 Å². The number of rotatable bonds is 5. The third-order valence-corrected chi connectivity index (χ3v) is 5.89. The summed E-state index contributed by atoms with van der Waals surface area (Å²) in [6, 6.07) is 8.35. The summed E-state index contributed by atoms with van der Waals surface area (Å²) < 4.78 is 46.8. The van der Waals surface area contributed by atoms with Crippen LogP contribution in [0.3, 0.4) is 0 Å². The van der Waals surface area contributed by atoms with Crippen LogP contribution < -0.4 is 4.72 Å². The molecule has 4 rings (SSSR count). The van der Waals surface area contributed by atoms with E-state index in [0.717, 1.165) is 17.3 Å². The van der Waals surface area contributed by atoms with Crippen molar-refractivity contribution in [3.8, 4) is 11.3 Å². The van der Waals surface area contributed by atoms with Crippen molar-refractivity contribution in [1.29, 1.82) is 0 Å². The monoisotopic (exact) mass is 390 g/mol. The molecule has 134 valence electrons. The van der Waals surface area contributed by atoms with Gasteiger partial charge in [-0.3, -0.25) is 0 Å². The molecule has 4 aromatic rings. The SMILES string of the molecule is Cc1noc(C)c1-c1ccc(CNS(=O)(=O)c2cccc3nsnc23)o1. The van der Waals surface area contributed by atoms with Gasteiger partial charge in [0.1, 0.15) is 33.2 Å². The molecular weight excluding hydrogens is 376 g/mol. The maximum absolute atomic E-state index is 12.6. The maximum atomic E-state index is 12.6. The van der Waals surface area contributed by atoms with Gasteiger partial charge in [-0.05, 0) is 38.1 Å². The van der Waals surface area contributed by atoms with Crippen LogP contribution in [0.25, 0.3) is 22.4 Å². The minimum absolute atomic E-state index is 0.0136. The number of furan rings is 1. The molecule has 0 amide bonds. The second-order valence-corrected chi connectivity index (χ2v) is 7.94. The molecule has 26 heavy (non-hydrogen) atoms. The lowest BCUT2D eigenvalue weighted by molar-refractivity contribution is 0.393. The van der Waals surface area contributed by atoms with Crippen molar-refractivity contribution >= 4 is 32.8 Å². The van der Waals surface area contributed by atoms with E-state index in [1.54, 1.807) is 31.2 Å². The number of hydrogen-bond donors (Lipinski definition) is 1. The van der Waals surface area contributed by atoms with Crippen LogP contribution in [0.4, 0.5) is 0 Å². The van der Waals surface area contributed by atoms with E-state index in [0.29, 0.717) is 34.0 Å². The molecule has 8 nitrogen and oxygen atoms in total. The number of benzene rings is 1. The average Bonchev–Trinajstić information content (AvgIpc) is 3.33. The summed E-state index contributed by atoms with van der Waals surface area (Å²) in [6.07, 6.45) is 0. The normalized spacial score (nSPS) is 12.1. The van der Waals surface area contributed by atoms with Gasteiger partial charge in [-0.1, -0.05) is 11.2 Å². The average molecular weight is 390 g/mol. The van der Waals surface area contributed by atoms with Crippen molar-refractivity contribution in [3.05, 3.63) is 47.5 Å². The van der Waals surface area contributed by atoms with Gasteiger partial charge in [-0.15, -0.1) is 0 Å². The van der Waals surface area contributed by atoms with E-state index in [4.69, 9.17) is 8.94 Å². The van der Waals surface area contributed by atoms with Crippen LogP contribution in [0, 0.1) is 13.8 Å². The molecular formula is C16H14N4O4S2. The van der Waals surface area contributed by atoms with E-state index in [9.17, 15) is 8.42 Å². The Bertz CT molecular complexity index is 1170. The van der Waals surface area contributed by atoms with Crippen molar-refractivity contribution in [2.45, 2.75) is 25.3 Å². The number of aromatic nitrogens is 3. The number of nitrogens with zero attached hydrogens (tertiary/aromatic N) is 3. The molecule has 1 N–H and O–H groups in total. The van der Waals surface area contributed by atoms with E-state index >= 15 is 0 Å². The molecule has 0 fully saturated rings. The van der Waals surface area contributed by atoms with Gasteiger partial charge in [0.25, 0.3) is 0 Å². The lowest BCUT2D eigenvalue weighted by atomic mass is 10.1. The van der Waals surface area contributed by atoms with Gasteiger partial charge in [0.05, 0.1) is 29.5 Å². The zero-order valence-corrected chi connectivity index (χ0v) is 15.5. The predicted octanol–water partition coefficient (Wildman–Crippen LogP) is 3.03. The maximum Gasteiger partial charge on any atom is 0.243 e. The zero-order chi connectivity index (χ0) is 18.3. The Balaban J connectivity index is 1.57. The summed E-state index contributed by atoms with van der Waals surface area (Å²) in [7, 11) is -3.75. The van der Waals surface area contributed by atoms with Crippen LogP contribution in [0.2, 0.25) is 0 Å². The Labute approximate surface area is 153 Å². The molecule has 10 heteroatoms. The minimum Gasteiger partial charge on any atom is -0.459 e. The largest absolute Gasteiger partial charge is 0.459 e. The van der Waals surface area contributed by atoms with Gasteiger partial charge in [0.15, 0.2) is 0 Å². The van der Waals surface area contributed by atoms with Crippen molar-refractivity contribution in [2.24, 2.45) is 0 Å². The standard InChI is InChI=1S/C16H14N4O4S2/c1-9-15(10(2)24-18-9)13-7-6-11(23-13)8-17-26(21,22)14-5-3-4-12-16(14)20-25-19-12/h3-7,17H,8H2,1-2H3. The number of aryl methyl sites for hydroxylation is 2. The molecule has 0 saturated heterocycles. The molecule has 1 aromatic carbocycles. The summed E-state index contributed by atoms with van der Waals surface area (Å²) in [4.78, 5) is 0.0984. The highest BCUT2D eigenvalue weighted by atomic mass is 32.2. The first-order valence-electron chi connectivity index (χ1n) is 7.68. The van der Waals surface area contributed by atoms with Crippen LogP contribution in [0.1, 0.15) is 17.2 Å². The van der Waals surface area contributed by atoms with Crippen molar-refractivity contribution in [1.82, 2.24) is 18.6 Å². The lowest BCUT2D eigenvalue weighted by Gasteiger charge is -2.05. The van der Waals surface area contributed by atoms with E-state index in [1.807, 2.05) is 6.92 Å². The van der Waals surface area contributed by atoms with Gasteiger partial charge in [0, 0.05) is 0 Å². The molecule has 0 aliphatic carbocycles. The van der Waals surface area contributed by atoms with Gasteiger partial charge >= 0.3 is 0 Å². The second-order valence-electron chi connectivity index (χ2n) is 5.68. The number of hydrogen-bond acceptors (Lipinski definition) is 8. The minimum atomic E-state index is -3.75. The summed E-state index contributed by atoms with van der Waals surface area (Å²) in [5, 5.41) is 3.89. The third kappa shape index (κ3) is 2.91. The molecule has 0 spiro atoms. The quantitative estimate of drug-likeness (QED) is 0.557. The number of sulfonamides is 1. The second kappa shape index (κ2) is 6.31. The summed E-state index contributed by atoms with van der Waals surface area (Å²) >= 11 is 0.977. The fourth-order valence-electron chi connectivity index (χ4n) is 2.68. The summed E-state index contributed by atoms with van der Waals surface area (Å²) in [5.74, 6) is 1.71. The molecule has 3 heterocycles. The van der Waals surface area contributed by atoms with E-state index in [-0.39, 0.29) is 11.4 Å². The van der Waals surface area contributed by atoms with Gasteiger partial charge in [0.2, 0.25) is 10.0 Å². The smallest absolute Gasteiger partial charge is 0.243 e. The van der Waals surface area contributed by atoms with Gasteiger partial charge in [-0.2, -0.15) is 8.75 Å². The summed E-state index contributed by atoms with van der Waals surface area (Å²) in [5.41, 5.74) is 2.40. The first kappa shape index (κ1) is 16.9.